The van der Waals surface area contributed by atoms with Gasteiger partial charge >= 0.3 is 0 Å². The van der Waals surface area contributed by atoms with Crippen LogP contribution in [0.3, 0.4) is 0 Å². The van der Waals surface area contributed by atoms with Gasteiger partial charge in [-0.1, -0.05) is 12.1 Å². The molecule has 0 bridgehead atoms. The molecular formula is C10H12FN5S. The summed E-state index contributed by atoms with van der Waals surface area (Å²) in [7, 11) is 0. The second kappa shape index (κ2) is 5.74. The third-order valence-corrected chi connectivity index (χ3v) is 3.19. The Labute approximate surface area is 102 Å². The number of benzene rings is 1. The van der Waals surface area contributed by atoms with Gasteiger partial charge in [0.25, 0.3) is 0 Å². The summed E-state index contributed by atoms with van der Waals surface area (Å²) in [6.45, 7) is 1.04. The minimum atomic E-state index is -0.227. The van der Waals surface area contributed by atoms with Crippen LogP contribution in [0.25, 0.3) is 0 Å². The zero-order valence-corrected chi connectivity index (χ0v) is 9.90. The maximum absolute atomic E-state index is 13.4. The van der Waals surface area contributed by atoms with E-state index in [1.165, 1.54) is 17.8 Å². The summed E-state index contributed by atoms with van der Waals surface area (Å²) in [5.41, 5.74) is 5.44. The molecule has 0 aliphatic rings. The highest BCUT2D eigenvalue weighted by Crippen LogP contribution is 2.23. The summed E-state index contributed by atoms with van der Waals surface area (Å²) in [6, 6.07) is 6.63. The fourth-order valence-electron chi connectivity index (χ4n) is 1.33. The van der Waals surface area contributed by atoms with E-state index in [0.717, 1.165) is 0 Å². The van der Waals surface area contributed by atoms with E-state index in [0.29, 0.717) is 29.6 Å². The van der Waals surface area contributed by atoms with Gasteiger partial charge < -0.3 is 5.73 Å². The molecule has 0 aliphatic carbocycles. The molecule has 5 nitrogen and oxygen atoms in total. The lowest BCUT2D eigenvalue weighted by Gasteiger charge is -2.03. The number of hydrogen-bond acceptors (Lipinski definition) is 5. The number of tetrazole rings is 1. The predicted molar refractivity (Wildman–Crippen MR) is 62.8 cm³/mol. The topological polar surface area (TPSA) is 69.6 Å². The van der Waals surface area contributed by atoms with Crippen molar-refractivity contribution in [2.75, 3.05) is 6.54 Å². The highest BCUT2D eigenvalue weighted by molar-refractivity contribution is 7.98. The zero-order chi connectivity index (χ0) is 12.1. The first-order chi connectivity index (χ1) is 8.31. The fraction of sp³-hybridized carbons (Fsp3) is 0.300. The first kappa shape index (κ1) is 12.0. The summed E-state index contributed by atoms with van der Waals surface area (Å²) in [4.78, 5) is 0.592. The molecule has 0 amide bonds. The van der Waals surface area contributed by atoms with Crippen LogP contribution in [-0.2, 0) is 12.3 Å². The Bertz CT molecular complexity index is 487. The molecule has 2 N–H and O–H groups in total. The molecule has 0 saturated carbocycles. The summed E-state index contributed by atoms with van der Waals surface area (Å²) < 4.78 is 15.0. The van der Waals surface area contributed by atoms with Crippen molar-refractivity contribution in [3.05, 3.63) is 35.9 Å². The van der Waals surface area contributed by atoms with Crippen molar-refractivity contribution in [1.82, 2.24) is 20.2 Å². The van der Waals surface area contributed by atoms with Gasteiger partial charge in [0.15, 0.2) is 5.82 Å². The van der Waals surface area contributed by atoms with Gasteiger partial charge in [0.1, 0.15) is 5.82 Å². The van der Waals surface area contributed by atoms with Crippen LogP contribution in [0.5, 0.6) is 0 Å². The van der Waals surface area contributed by atoms with Crippen LogP contribution in [0.4, 0.5) is 4.39 Å². The molecule has 0 fully saturated rings. The van der Waals surface area contributed by atoms with Crippen LogP contribution in [-0.4, -0.2) is 26.8 Å². The molecule has 2 rings (SSSR count). The van der Waals surface area contributed by atoms with Gasteiger partial charge in [0.05, 0.1) is 12.3 Å². The monoisotopic (exact) mass is 253 g/mol. The number of rotatable bonds is 5. The van der Waals surface area contributed by atoms with Gasteiger partial charge in [-0.3, -0.25) is 0 Å². The van der Waals surface area contributed by atoms with Gasteiger partial charge in [-0.25, -0.2) is 9.07 Å². The Hall–Kier alpha value is -1.47. The van der Waals surface area contributed by atoms with Crippen molar-refractivity contribution in [1.29, 1.82) is 0 Å². The van der Waals surface area contributed by atoms with Crippen molar-refractivity contribution in [2.24, 2.45) is 5.73 Å². The molecular weight excluding hydrogens is 241 g/mol. The average Bonchev–Trinajstić information content (AvgIpc) is 2.76. The summed E-state index contributed by atoms with van der Waals surface area (Å²) in [5, 5.41) is 11.3. The number of nitrogens with two attached hydrogens (primary N) is 1. The lowest BCUT2D eigenvalue weighted by atomic mass is 10.3. The van der Waals surface area contributed by atoms with Gasteiger partial charge in [0.2, 0.25) is 0 Å². The lowest BCUT2D eigenvalue weighted by Crippen LogP contribution is -2.13. The molecule has 1 heterocycles. The average molecular weight is 253 g/mol. The van der Waals surface area contributed by atoms with Gasteiger partial charge in [-0.2, -0.15) is 0 Å². The third kappa shape index (κ3) is 3.01. The van der Waals surface area contributed by atoms with E-state index in [1.54, 1.807) is 22.9 Å². The molecule has 2 aromatic rings. The first-order valence-corrected chi connectivity index (χ1v) is 6.12. The molecule has 17 heavy (non-hydrogen) atoms. The first-order valence-electron chi connectivity index (χ1n) is 5.13. The molecule has 90 valence electrons. The molecule has 0 atom stereocenters. The Balaban J connectivity index is 2.02. The number of halogens is 1. The van der Waals surface area contributed by atoms with Crippen LogP contribution in [0.2, 0.25) is 0 Å². The summed E-state index contributed by atoms with van der Waals surface area (Å²) in [5.74, 6) is 0.993. The van der Waals surface area contributed by atoms with E-state index in [2.05, 4.69) is 15.5 Å². The molecule has 1 aromatic carbocycles. The molecule has 0 spiro atoms. The van der Waals surface area contributed by atoms with Gasteiger partial charge in [-0.15, -0.1) is 16.9 Å². The maximum atomic E-state index is 13.4. The van der Waals surface area contributed by atoms with E-state index in [9.17, 15) is 4.39 Å². The number of aromatic nitrogens is 4. The minimum Gasteiger partial charge on any atom is -0.329 e. The molecule has 0 unspecified atom stereocenters. The maximum Gasteiger partial charge on any atom is 0.161 e. The Morgan fingerprint density at radius 3 is 2.94 bits per heavy atom. The van der Waals surface area contributed by atoms with E-state index < -0.39 is 0 Å². The molecule has 0 saturated heterocycles. The Morgan fingerprint density at radius 2 is 2.18 bits per heavy atom. The quantitative estimate of drug-likeness (QED) is 0.807. The van der Waals surface area contributed by atoms with Gasteiger partial charge in [-0.05, 0) is 22.6 Å². The van der Waals surface area contributed by atoms with Crippen molar-refractivity contribution in [3.8, 4) is 0 Å². The predicted octanol–water partition coefficient (Wildman–Crippen LogP) is 1.06. The highest BCUT2D eigenvalue weighted by atomic mass is 32.2. The number of thioether (sulfide) groups is 1. The van der Waals surface area contributed by atoms with E-state index in [4.69, 9.17) is 5.73 Å². The van der Waals surface area contributed by atoms with Crippen LogP contribution < -0.4 is 5.73 Å². The molecule has 1 aromatic heterocycles. The number of hydrogen-bond donors (Lipinski definition) is 1. The van der Waals surface area contributed by atoms with Crippen molar-refractivity contribution in [2.45, 2.75) is 17.2 Å². The molecule has 7 heteroatoms. The Kier molecular flexibility index (Phi) is 4.05. The van der Waals surface area contributed by atoms with Crippen molar-refractivity contribution >= 4 is 11.8 Å². The Morgan fingerprint density at radius 1 is 1.35 bits per heavy atom. The fourth-order valence-corrected chi connectivity index (χ4v) is 2.20. The van der Waals surface area contributed by atoms with Crippen LogP contribution >= 0.6 is 11.8 Å². The van der Waals surface area contributed by atoms with Gasteiger partial charge in [0, 0.05) is 11.4 Å². The van der Waals surface area contributed by atoms with Crippen LogP contribution in [0.1, 0.15) is 5.82 Å². The summed E-state index contributed by atoms with van der Waals surface area (Å²) >= 11 is 1.37. The second-order valence-corrected chi connectivity index (χ2v) is 4.34. The third-order valence-electron chi connectivity index (χ3n) is 2.14. The second-order valence-electron chi connectivity index (χ2n) is 3.33. The molecule has 0 radical (unpaired) electrons. The van der Waals surface area contributed by atoms with Crippen molar-refractivity contribution in [3.63, 3.8) is 0 Å². The minimum absolute atomic E-state index is 0.227. The number of nitrogens with zero attached hydrogens (tertiary/aromatic N) is 4. The van der Waals surface area contributed by atoms with E-state index >= 15 is 0 Å². The lowest BCUT2D eigenvalue weighted by molar-refractivity contribution is 0.582. The zero-order valence-electron chi connectivity index (χ0n) is 9.08. The normalized spacial score (nSPS) is 10.7. The van der Waals surface area contributed by atoms with Crippen LogP contribution in [0.15, 0.2) is 29.2 Å². The largest absolute Gasteiger partial charge is 0.329 e. The smallest absolute Gasteiger partial charge is 0.161 e. The molecule has 0 aliphatic heterocycles. The highest BCUT2D eigenvalue weighted by Gasteiger charge is 2.07. The van der Waals surface area contributed by atoms with Crippen molar-refractivity contribution < 1.29 is 4.39 Å². The SMILES string of the molecule is NCCn1nnnc1CSc1ccccc1F. The van der Waals surface area contributed by atoms with E-state index in [-0.39, 0.29) is 5.82 Å². The summed E-state index contributed by atoms with van der Waals surface area (Å²) in [6.07, 6.45) is 0. The van der Waals surface area contributed by atoms with Crippen LogP contribution in [0, 0.1) is 5.82 Å². The van der Waals surface area contributed by atoms with E-state index in [1.807, 2.05) is 0 Å². The standard InChI is InChI=1S/C10H12FN5S/c11-8-3-1-2-4-9(8)17-7-10-13-14-15-16(10)6-5-12/h1-4H,5-7,12H2.